The quantitative estimate of drug-likeness (QED) is 0.666. The van der Waals surface area contributed by atoms with Crippen molar-refractivity contribution in [2.75, 3.05) is 19.7 Å². The molecule has 1 aromatic carbocycles. The highest BCUT2D eigenvalue weighted by Crippen LogP contribution is 2.07. The van der Waals surface area contributed by atoms with Gasteiger partial charge in [-0.2, -0.15) is 0 Å². The van der Waals surface area contributed by atoms with Crippen LogP contribution in [0.4, 0.5) is 0 Å². The molecule has 0 amide bonds. The highest BCUT2D eigenvalue weighted by molar-refractivity contribution is 5.20. The fourth-order valence-electron chi connectivity index (χ4n) is 1.21. The van der Waals surface area contributed by atoms with Gasteiger partial charge in [0, 0.05) is 12.6 Å². The first-order valence-corrected chi connectivity index (χ1v) is 5.44. The molecule has 0 spiro atoms. The van der Waals surface area contributed by atoms with E-state index in [0.717, 1.165) is 25.3 Å². The van der Waals surface area contributed by atoms with Crippen LogP contribution < -0.4 is 15.8 Å². The Balaban J connectivity index is 2.03. The van der Waals surface area contributed by atoms with Crippen LogP contribution in [0.3, 0.4) is 0 Å². The summed E-state index contributed by atoms with van der Waals surface area (Å²) in [5.74, 6) is 0.935. The zero-order chi connectivity index (χ0) is 10.9. The molecule has 0 aliphatic carbocycles. The molecule has 0 heterocycles. The first-order chi connectivity index (χ1) is 7.33. The van der Waals surface area contributed by atoms with E-state index in [1.54, 1.807) is 0 Å². The molecule has 0 unspecified atom stereocenters. The Hall–Kier alpha value is -1.06. The number of hydrogen-bond acceptors (Lipinski definition) is 3. The number of rotatable bonds is 7. The Bertz CT molecular complexity index is 251. The van der Waals surface area contributed by atoms with Crippen LogP contribution in [0.1, 0.15) is 13.3 Å². The molecule has 1 atom stereocenters. The highest BCUT2D eigenvalue weighted by Gasteiger charge is 1.96. The lowest BCUT2D eigenvalue weighted by atomic mass is 10.3. The molecule has 0 aliphatic heterocycles. The molecule has 0 aromatic heterocycles. The third kappa shape index (κ3) is 5.40. The molecule has 0 radical (unpaired) electrons. The molecular formula is C12H20N2O. The predicted octanol–water partition coefficient (Wildman–Crippen LogP) is 1.39. The molecule has 1 aromatic rings. The van der Waals surface area contributed by atoms with Gasteiger partial charge < -0.3 is 15.8 Å². The molecule has 0 saturated carbocycles. The van der Waals surface area contributed by atoms with Crippen LogP contribution in [-0.2, 0) is 0 Å². The molecule has 15 heavy (non-hydrogen) atoms. The van der Waals surface area contributed by atoms with Crippen LogP contribution in [0.2, 0.25) is 0 Å². The first kappa shape index (κ1) is 12.0. The highest BCUT2D eigenvalue weighted by atomic mass is 16.5. The SMILES string of the molecule is C[C@@H](CN)NCCCOc1ccccc1. The van der Waals surface area contributed by atoms with E-state index in [1.807, 2.05) is 30.3 Å². The summed E-state index contributed by atoms with van der Waals surface area (Å²) in [6, 6.07) is 10.3. The molecule has 0 bridgehead atoms. The monoisotopic (exact) mass is 208 g/mol. The van der Waals surface area contributed by atoms with Gasteiger partial charge in [-0.05, 0) is 32.0 Å². The topological polar surface area (TPSA) is 47.3 Å². The van der Waals surface area contributed by atoms with Crippen LogP contribution in [0.15, 0.2) is 30.3 Å². The van der Waals surface area contributed by atoms with E-state index in [0.29, 0.717) is 12.6 Å². The van der Waals surface area contributed by atoms with Crippen molar-refractivity contribution < 1.29 is 4.74 Å². The van der Waals surface area contributed by atoms with Crippen LogP contribution in [0, 0.1) is 0 Å². The molecule has 3 heteroatoms. The molecular weight excluding hydrogens is 188 g/mol. The van der Waals surface area contributed by atoms with Crippen molar-refractivity contribution in [3.05, 3.63) is 30.3 Å². The van der Waals surface area contributed by atoms with E-state index < -0.39 is 0 Å². The maximum Gasteiger partial charge on any atom is 0.119 e. The Morgan fingerprint density at radius 1 is 1.33 bits per heavy atom. The van der Waals surface area contributed by atoms with Crippen molar-refractivity contribution in [1.82, 2.24) is 5.32 Å². The zero-order valence-electron chi connectivity index (χ0n) is 9.28. The van der Waals surface area contributed by atoms with Gasteiger partial charge in [-0.3, -0.25) is 0 Å². The summed E-state index contributed by atoms with van der Waals surface area (Å²) in [7, 11) is 0. The number of benzene rings is 1. The standard InChI is InChI=1S/C12H20N2O/c1-11(10-13)14-8-5-9-15-12-6-3-2-4-7-12/h2-4,6-7,11,14H,5,8-10,13H2,1H3/t11-/m0/s1. The van der Waals surface area contributed by atoms with Gasteiger partial charge in [0.15, 0.2) is 0 Å². The Labute approximate surface area is 91.6 Å². The molecule has 84 valence electrons. The van der Waals surface area contributed by atoms with E-state index in [4.69, 9.17) is 10.5 Å². The summed E-state index contributed by atoms with van der Waals surface area (Å²) in [5, 5.41) is 3.31. The smallest absolute Gasteiger partial charge is 0.119 e. The second-order valence-corrected chi connectivity index (χ2v) is 3.61. The summed E-state index contributed by atoms with van der Waals surface area (Å²) in [6.07, 6.45) is 0.999. The van der Waals surface area contributed by atoms with Crippen molar-refractivity contribution in [2.24, 2.45) is 5.73 Å². The van der Waals surface area contributed by atoms with Crippen molar-refractivity contribution in [3.8, 4) is 5.75 Å². The molecule has 0 fully saturated rings. The fourth-order valence-corrected chi connectivity index (χ4v) is 1.21. The minimum Gasteiger partial charge on any atom is -0.494 e. The Morgan fingerprint density at radius 2 is 2.07 bits per heavy atom. The van der Waals surface area contributed by atoms with Gasteiger partial charge in [-0.15, -0.1) is 0 Å². The predicted molar refractivity (Wildman–Crippen MR) is 63.1 cm³/mol. The third-order valence-corrected chi connectivity index (χ3v) is 2.18. The number of nitrogens with one attached hydrogen (secondary N) is 1. The fraction of sp³-hybridized carbons (Fsp3) is 0.500. The van der Waals surface area contributed by atoms with Crippen LogP contribution >= 0.6 is 0 Å². The van der Waals surface area contributed by atoms with Gasteiger partial charge >= 0.3 is 0 Å². The second kappa shape index (κ2) is 7.26. The molecule has 0 aliphatic rings. The summed E-state index contributed by atoms with van der Waals surface area (Å²) in [5.41, 5.74) is 5.48. The first-order valence-electron chi connectivity index (χ1n) is 5.44. The summed E-state index contributed by atoms with van der Waals surface area (Å²) in [4.78, 5) is 0. The van der Waals surface area contributed by atoms with E-state index >= 15 is 0 Å². The van der Waals surface area contributed by atoms with Crippen LogP contribution in [0.5, 0.6) is 5.75 Å². The number of nitrogens with two attached hydrogens (primary N) is 1. The lowest BCUT2D eigenvalue weighted by Gasteiger charge is -2.11. The number of hydrogen-bond donors (Lipinski definition) is 2. The van der Waals surface area contributed by atoms with Crippen molar-refractivity contribution in [2.45, 2.75) is 19.4 Å². The molecule has 0 saturated heterocycles. The normalized spacial score (nSPS) is 12.4. The van der Waals surface area contributed by atoms with Gasteiger partial charge in [0.2, 0.25) is 0 Å². The summed E-state index contributed by atoms with van der Waals surface area (Å²) >= 11 is 0. The zero-order valence-corrected chi connectivity index (χ0v) is 9.28. The van der Waals surface area contributed by atoms with E-state index in [-0.39, 0.29) is 0 Å². The van der Waals surface area contributed by atoms with Crippen LogP contribution in [-0.4, -0.2) is 25.7 Å². The van der Waals surface area contributed by atoms with Gasteiger partial charge in [-0.1, -0.05) is 18.2 Å². The summed E-state index contributed by atoms with van der Waals surface area (Å²) < 4.78 is 5.55. The van der Waals surface area contributed by atoms with Gasteiger partial charge in [0.05, 0.1) is 6.61 Å². The second-order valence-electron chi connectivity index (χ2n) is 3.61. The maximum atomic E-state index is 5.55. The van der Waals surface area contributed by atoms with E-state index in [1.165, 1.54) is 0 Å². The average molecular weight is 208 g/mol. The minimum absolute atomic E-state index is 0.390. The van der Waals surface area contributed by atoms with Gasteiger partial charge in [0.1, 0.15) is 5.75 Å². The van der Waals surface area contributed by atoms with Crippen molar-refractivity contribution in [1.29, 1.82) is 0 Å². The van der Waals surface area contributed by atoms with E-state index in [2.05, 4.69) is 12.2 Å². The molecule has 1 rings (SSSR count). The minimum atomic E-state index is 0.390. The van der Waals surface area contributed by atoms with Gasteiger partial charge in [0.25, 0.3) is 0 Å². The van der Waals surface area contributed by atoms with Crippen molar-refractivity contribution >= 4 is 0 Å². The Kier molecular flexibility index (Phi) is 5.81. The lowest BCUT2D eigenvalue weighted by molar-refractivity contribution is 0.305. The number of ether oxygens (including phenoxy) is 1. The third-order valence-electron chi connectivity index (χ3n) is 2.18. The number of para-hydroxylation sites is 1. The largest absolute Gasteiger partial charge is 0.494 e. The van der Waals surface area contributed by atoms with Crippen molar-refractivity contribution in [3.63, 3.8) is 0 Å². The molecule has 3 N–H and O–H groups in total. The maximum absolute atomic E-state index is 5.55. The Morgan fingerprint density at radius 3 is 2.73 bits per heavy atom. The van der Waals surface area contributed by atoms with Crippen LogP contribution in [0.25, 0.3) is 0 Å². The van der Waals surface area contributed by atoms with E-state index in [9.17, 15) is 0 Å². The summed E-state index contributed by atoms with van der Waals surface area (Å²) in [6.45, 7) is 4.46. The lowest BCUT2D eigenvalue weighted by Crippen LogP contribution is -2.34. The van der Waals surface area contributed by atoms with Gasteiger partial charge in [-0.25, -0.2) is 0 Å². The molecule has 3 nitrogen and oxygen atoms in total. The average Bonchev–Trinajstić information content (AvgIpc) is 2.29.